The van der Waals surface area contributed by atoms with Crippen LogP contribution in [0.4, 0.5) is 11.5 Å². The summed E-state index contributed by atoms with van der Waals surface area (Å²) in [6.45, 7) is 2.60. The van der Waals surface area contributed by atoms with Gasteiger partial charge in [0, 0.05) is 50.3 Å². The minimum Gasteiger partial charge on any atom is -0.506 e. The number of amides is 2. The van der Waals surface area contributed by atoms with Crippen molar-refractivity contribution in [3.05, 3.63) is 106 Å². The molecule has 2 aromatic heterocycles. The van der Waals surface area contributed by atoms with Crippen molar-refractivity contribution in [2.24, 2.45) is 0 Å². The maximum absolute atomic E-state index is 13.1. The second-order valence-electron chi connectivity index (χ2n) is 9.26. The second-order valence-corrected chi connectivity index (χ2v) is 9.70. The van der Waals surface area contributed by atoms with Gasteiger partial charge in [0.1, 0.15) is 11.6 Å². The Kier molecular flexibility index (Phi) is 9.86. The van der Waals surface area contributed by atoms with Crippen LogP contribution in [-0.4, -0.2) is 65.2 Å². The van der Waals surface area contributed by atoms with E-state index in [1.807, 2.05) is 13.1 Å². The number of rotatable bonds is 11. The molecule has 41 heavy (non-hydrogen) atoms. The van der Waals surface area contributed by atoms with Crippen LogP contribution in [0, 0.1) is 0 Å². The number of phenolic OH excluding ortho intramolecular Hbond substituents is 1. The number of phenols is 1. The lowest BCUT2D eigenvalue weighted by atomic mass is 10.0. The van der Waals surface area contributed by atoms with E-state index in [0.717, 1.165) is 6.54 Å². The van der Waals surface area contributed by atoms with Gasteiger partial charge >= 0.3 is 0 Å². The van der Waals surface area contributed by atoms with Crippen molar-refractivity contribution in [2.45, 2.75) is 6.54 Å². The van der Waals surface area contributed by atoms with Gasteiger partial charge in [0.05, 0.1) is 22.9 Å². The lowest BCUT2D eigenvalue weighted by Crippen LogP contribution is -2.30. The van der Waals surface area contributed by atoms with E-state index >= 15 is 0 Å². The first-order valence-corrected chi connectivity index (χ1v) is 13.2. The predicted octanol–water partition coefficient (Wildman–Crippen LogP) is 4.35. The summed E-state index contributed by atoms with van der Waals surface area (Å²) in [6, 6.07) is 17.5. The van der Waals surface area contributed by atoms with Crippen LogP contribution >= 0.6 is 11.6 Å². The van der Waals surface area contributed by atoms with Crippen LogP contribution in [0.1, 0.15) is 20.7 Å². The summed E-state index contributed by atoms with van der Waals surface area (Å²) in [5.41, 5.74) is 1.31. The Morgan fingerprint density at radius 3 is 2.49 bits per heavy atom. The number of aromatic nitrogens is 2. The van der Waals surface area contributed by atoms with Gasteiger partial charge in [0.15, 0.2) is 0 Å². The molecule has 0 fully saturated rings. The van der Waals surface area contributed by atoms with E-state index in [1.165, 1.54) is 30.5 Å². The molecule has 0 unspecified atom stereocenters. The lowest BCUT2D eigenvalue weighted by molar-refractivity contribution is 0.102. The third-order valence-electron chi connectivity index (χ3n) is 6.37. The van der Waals surface area contributed by atoms with Crippen LogP contribution < -0.4 is 16.2 Å². The summed E-state index contributed by atoms with van der Waals surface area (Å²) >= 11 is 5.85. The van der Waals surface area contributed by atoms with Crippen LogP contribution in [0.3, 0.4) is 0 Å². The number of hydrogen-bond acceptors (Lipinski definition) is 7. The molecule has 0 aliphatic carbocycles. The third-order valence-corrected chi connectivity index (χ3v) is 6.60. The van der Waals surface area contributed by atoms with E-state index in [4.69, 9.17) is 16.3 Å². The van der Waals surface area contributed by atoms with Gasteiger partial charge in [-0.2, -0.15) is 0 Å². The molecule has 0 aliphatic heterocycles. The van der Waals surface area contributed by atoms with Crippen molar-refractivity contribution in [3.8, 4) is 16.9 Å². The fraction of sp³-hybridized carbons (Fsp3) is 0.200. The predicted molar refractivity (Wildman–Crippen MR) is 159 cm³/mol. The zero-order valence-corrected chi connectivity index (χ0v) is 23.4. The van der Waals surface area contributed by atoms with Gasteiger partial charge in [-0.05, 0) is 61.1 Å². The van der Waals surface area contributed by atoms with Crippen LogP contribution in [0.15, 0.2) is 83.9 Å². The number of aromatic hydroxyl groups is 1. The number of carbonyl (C=O) groups is 2. The third kappa shape index (κ3) is 7.57. The maximum Gasteiger partial charge on any atom is 0.259 e. The van der Waals surface area contributed by atoms with Gasteiger partial charge < -0.3 is 29.9 Å². The number of carbonyl (C=O) groups excluding carboxylic acids is 2. The van der Waals surface area contributed by atoms with E-state index in [2.05, 4.69) is 20.5 Å². The number of likely N-dealkylation sites (N-methyl/N-ethyl adjacent to an activating group) is 1. The Labute approximate surface area is 242 Å². The SMILES string of the molecule is COCCN(C)CCn1cccc(-c2ccc(C(=O)Nc3c(O)cccc3C(=O)Nc3ccc(Cl)cn3)cc2)c1=O. The molecule has 2 heterocycles. The van der Waals surface area contributed by atoms with Crippen molar-refractivity contribution < 1.29 is 19.4 Å². The molecule has 0 atom stereocenters. The zero-order valence-electron chi connectivity index (χ0n) is 22.6. The van der Waals surface area contributed by atoms with Crippen LogP contribution in [0.2, 0.25) is 5.02 Å². The average molecular weight is 576 g/mol. The number of nitrogens with one attached hydrogen (secondary N) is 2. The average Bonchev–Trinajstić information content (AvgIpc) is 2.97. The van der Waals surface area contributed by atoms with Gasteiger partial charge in [-0.3, -0.25) is 14.4 Å². The molecule has 2 amide bonds. The van der Waals surface area contributed by atoms with Crippen molar-refractivity contribution in [2.75, 3.05) is 44.5 Å². The maximum atomic E-state index is 13.1. The van der Waals surface area contributed by atoms with Gasteiger partial charge in [-0.1, -0.05) is 29.8 Å². The fourth-order valence-electron chi connectivity index (χ4n) is 4.05. The number of hydrogen-bond donors (Lipinski definition) is 3. The van der Waals surface area contributed by atoms with E-state index < -0.39 is 11.8 Å². The number of halogens is 1. The summed E-state index contributed by atoms with van der Waals surface area (Å²) in [6.07, 6.45) is 3.14. The molecule has 2 aromatic carbocycles. The number of anilines is 2. The molecule has 4 rings (SSSR count). The van der Waals surface area contributed by atoms with Crippen molar-refractivity contribution >= 4 is 34.9 Å². The molecule has 10 nitrogen and oxygen atoms in total. The van der Waals surface area contributed by atoms with Crippen molar-refractivity contribution in [1.29, 1.82) is 0 Å². The monoisotopic (exact) mass is 575 g/mol. The molecule has 0 radical (unpaired) electrons. The Morgan fingerprint density at radius 1 is 1.00 bits per heavy atom. The highest BCUT2D eigenvalue weighted by atomic mass is 35.5. The molecular formula is C30H30ClN5O5. The molecule has 0 saturated heterocycles. The highest BCUT2D eigenvalue weighted by Crippen LogP contribution is 2.29. The van der Waals surface area contributed by atoms with Crippen LogP contribution in [-0.2, 0) is 11.3 Å². The van der Waals surface area contributed by atoms with E-state index in [9.17, 15) is 19.5 Å². The van der Waals surface area contributed by atoms with Gasteiger partial charge in [0.25, 0.3) is 17.4 Å². The number of para-hydroxylation sites is 1. The van der Waals surface area contributed by atoms with Crippen LogP contribution in [0.5, 0.6) is 5.75 Å². The summed E-state index contributed by atoms with van der Waals surface area (Å²) < 4.78 is 6.75. The molecular weight excluding hydrogens is 546 g/mol. The summed E-state index contributed by atoms with van der Waals surface area (Å²) in [5.74, 6) is -1.13. The van der Waals surface area contributed by atoms with Crippen molar-refractivity contribution in [3.63, 3.8) is 0 Å². The van der Waals surface area contributed by atoms with E-state index in [-0.39, 0.29) is 33.9 Å². The Bertz CT molecular complexity index is 1570. The molecule has 11 heteroatoms. The summed E-state index contributed by atoms with van der Waals surface area (Å²) in [4.78, 5) is 45.2. The van der Waals surface area contributed by atoms with Gasteiger partial charge in [-0.15, -0.1) is 0 Å². The highest BCUT2D eigenvalue weighted by molar-refractivity contribution is 6.30. The topological polar surface area (TPSA) is 126 Å². The first-order valence-electron chi connectivity index (χ1n) is 12.8. The fourth-order valence-corrected chi connectivity index (χ4v) is 4.16. The molecule has 0 spiro atoms. The summed E-state index contributed by atoms with van der Waals surface area (Å²) in [5, 5.41) is 16.1. The Morgan fingerprint density at radius 2 is 1.78 bits per heavy atom. The number of nitrogens with zero attached hydrogens (tertiary/aromatic N) is 3. The largest absolute Gasteiger partial charge is 0.506 e. The van der Waals surface area contributed by atoms with E-state index in [0.29, 0.717) is 35.8 Å². The zero-order chi connectivity index (χ0) is 29.4. The molecule has 0 bridgehead atoms. The van der Waals surface area contributed by atoms with Crippen molar-refractivity contribution in [1.82, 2.24) is 14.5 Å². The molecule has 4 aromatic rings. The smallest absolute Gasteiger partial charge is 0.259 e. The minimum absolute atomic E-state index is 0.0458. The Hall–Kier alpha value is -4.51. The standard InChI is InChI=1S/C30H30ClN5O5/c1-35(17-18-41-2)15-16-36-14-4-6-23(30(36)40)20-8-10-21(11-9-20)28(38)34-27-24(5-3-7-25(27)37)29(39)33-26-13-12-22(31)19-32-26/h3-14,19,37H,15-18H2,1-2H3,(H,34,38)(H,32,33,39). The molecule has 0 aliphatic rings. The minimum atomic E-state index is -0.577. The number of ether oxygens (including phenoxy) is 1. The first-order chi connectivity index (χ1) is 19.8. The molecule has 3 N–H and O–H groups in total. The number of methoxy groups -OCH3 is 1. The molecule has 0 saturated carbocycles. The molecule has 212 valence electrons. The number of pyridine rings is 2. The summed E-state index contributed by atoms with van der Waals surface area (Å²) in [7, 11) is 3.62. The lowest BCUT2D eigenvalue weighted by Gasteiger charge is -2.17. The second kappa shape index (κ2) is 13.7. The quantitative estimate of drug-likeness (QED) is 0.227. The van der Waals surface area contributed by atoms with E-state index in [1.54, 1.807) is 54.3 Å². The Balaban J connectivity index is 1.48. The van der Waals surface area contributed by atoms with Gasteiger partial charge in [0.2, 0.25) is 0 Å². The number of benzene rings is 2. The van der Waals surface area contributed by atoms with Crippen LogP contribution in [0.25, 0.3) is 11.1 Å². The normalized spacial score (nSPS) is 10.9. The van der Waals surface area contributed by atoms with Gasteiger partial charge in [-0.25, -0.2) is 4.98 Å². The first kappa shape index (κ1) is 29.5. The highest BCUT2D eigenvalue weighted by Gasteiger charge is 2.19.